The van der Waals surface area contributed by atoms with Crippen molar-refractivity contribution in [2.45, 2.75) is 23.9 Å². The van der Waals surface area contributed by atoms with Gasteiger partial charge in [0.1, 0.15) is 17.5 Å². The van der Waals surface area contributed by atoms with Gasteiger partial charge in [0.25, 0.3) is 5.91 Å². The fourth-order valence-corrected chi connectivity index (χ4v) is 4.89. The van der Waals surface area contributed by atoms with Crippen LogP contribution >= 0.6 is 11.8 Å². The summed E-state index contributed by atoms with van der Waals surface area (Å²) in [7, 11) is 3.13. The Morgan fingerprint density at radius 1 is 0.943 bits per heavy atom. The Hall–Kier alpha value is -3.78. The van der Waals surface area contributed by atoms with Gasteiger partial charge in [-0.05, 0) is 42.0 Å². The summed E-state index contributed by atoms with van der Waals surface area (Å²) >= 11 is 1.34. The highest BCUT2D eigenvalue weighted by Gasteiger charge is 2.44. The van der Waals surface area contributed by atoms with E-state index in [0.717, 1.165) is 15.4 Å². The fourth-order valence-electron chi connectivity index (χ4n) is 3.97. The van der Waals surface area contributed by atoms with Crippen molar-refractivity contribution in [1.82, 2.24) is 4.90 Å². The number of carbonyl (C=O) groups excluding carboxylic acids is 3. The summed E-state index contributed by atoms with van der Waals surface area (Å²) < 4.78 is 10.6. The number of anilines is 1. The maximum Gasteiger partial charge on any atom is 0.257 e. The number of hydrogen-bond acceptors (Lipinski definition) is 6. The maximum atomic E-state index is 13.5. The lowest BCUT2D eigenvalue weighted by atomic mass is 10.1. The van der Waals surface area contributed by atoms with Crippen LogP contribution in [0.1, 0.15) is 12.0 Å². The Morgan fingerprint density at radius 2 is 1.63 bits per heavy atom. The molecule has 0 radical (unpaired) electrons. The topological polar surface area (TPSA) is 76.2 Å². The molecule has 1 saturated heterocycles. The molecule has 1 heterocycles. The van der Waals surface area contributed by atoms with Crippen molar-refractivity contribution in [1.29, 1.82) is 0 Å². The second kappa shape index (κ2) is 11.1. The Labute approximate surface area is 208 Å². The molecular weight excluding hydrogens is 464 g/mol. The molecule has 3 aromatic carbocycles. The van der Waals surface area contributed by atoms with E-state index in [1.165, 1.54) is 16.7 Å². The van der Waals surface area contributed by atoms with Crippen LogP contribution in [-0.2, 0) is 20.9 Å². The number of rotatable bonds is 9. The first kappa shape index (κ1) is 24.3. The Bertz CT molecular complexity index is 1200. The molecule has 1 unspecified atom stereocenters. The van der Waals surface area contributed by atoms with Gasteiger partial charge >= 0.3 is 0 Å². The van der Waals surface area contributed by atoms with Crippen molar-refractivity contribution < 1.29 is 23.9 Å². The third-order valence-electron chi connectivity index (χ3n) is 5.77. The zero-order valence-corrected chi connectivity index (χ0v) is 20.4. The molecular formula is C27H26N2O5S. The Kier molecular flexibility index (Phi) is 7.72. The predicted molar refractivity (Wildman–Crippen MR) is 135 cm³/mol. The molecule has 3 amide bonds. The van der Waals surface area contributed by atoms with Crippen LogP contribution in [0.5, 0.6) is 11.5 Å². The van der Waals surface area contributed by atoms with E-state index in [0.29, 0.717) is 17.2 Å². The highest BCUT2D eigenvalue weighted by atomic mass is 32.2. The van der Waals surface area contributed by atoms with Crippen LogP contribution in [0.15, 0.2) is 83.8 Å². The van der Waals surface area contributed by atoms with Crippen molar-refractivity contribution in [2.24, 2.45) is 0 Å². The van der Waals surface area contributed by atoms with Gasteiger partial charge < -0.3 is 14.4 Å². The monoisotopic (exact) mass is 490 g/mol. The van der Waals surface area contributed by atoms with Gasteiger partial charge in [-0.15, -0.1) is 11.8 Å². The number of hydrogen-bond donors (Lipinski definition) is 0. The second-order valence-corrected chi connectivity index (χ2v) is 8.95. The van der Waals surface area contributed by atoms with E-state index in [-0.39, 0.29) is 30.5 Å². The summed E-state index contributed by atoms with van der Waals surface area (Å²) in [6.45, 7) is 0.228. The minimum atomic E-state index is -0.879. The summed E-state index contributed by atoms with van der Waals surface area (Å²) in [6, 6.07) is 22.8. The van der Waals surface area contributed by atoms with Gasteiger partial charge in [-0.2, -0.15) is 0 Å². The van der Waals surface area contributed by atoms with Crippen LogP contribution in [0.4, 0.5) is 5.69 Å². The molecule has 0 N–H and O–H groups in total. The number of carbonyl (C=O) groups is 3. The maximum absolute atomic E-state index is 13.5. The lowest BCUT2D eigenvalue weighted by Crippen LogP contribution is -2.45. The van der Waals surface area contributed by atoms with Crippen LogP contribution in [-0.4, -0.2) is 48.6 Å². The van der Waals surface area contributed by atoms with E-state index in [1.807, 2.05) is 54.6 Å². The van der Waals surface area contributed by atoms with Crippen LogP contribution in [0.3, 0.4) is 0 Å². The van der Waals surface area contributed by atoms with E-state index in [9.17, 15) is 14.4 Å². The minimum absolute atomic E-state index is 0.0667. The molecule has 7 nitrogen and oxygen atoms in total. The molecule has 8 heteroatoms. The van der Waals surface area contributed by atoms with E-state index < -0.39 is 11.9 Å². The van der Waals surface area contributed by atoms with Gasteiger partial charge in [0.2, 0.25) is 11.8 Å². The van der Waals surface area contributed by atoms with E-state index >= 15 is 0 Å². The zero-order valence-electron chi connectivity index (χ0n) is 19.5. The van der Waals surface area contributed by atoms with Crippen LogP contribution in [0.2, 0.25) is 0 Å². The van der Waals surface area contributed by atoms with Crippen molar-refractivity contribution in [3.63, 3.8) is 0 Å². The van der Waals surface area contributed by atoms with Crippen LogP contribution in [0.25, 0.3) is 0 Å². The van der Waals surface area contributed by atoms with Gasteiger partial charge in [-0.3, -0.25) is 14.4 Å². The minimum Gasteiger partial charge on any atom is -0.497 e. The summed E-state index contributed by atoms with van der Waals surface area (Å²) in [6.07, 6.45) is -0.0667. The quantitative estimate of drug-likeness (QED) is 0.331. The molecule has 180 valence electrons. The number of thioether (sulfide) groups is 1. The first-order chi connectivity index (χ1) is 17.0. The molecule has 0 aromatic heterocycles. The predicted octanol–water partition coefficient (Wildman–Crippen LogP) is 4.16. The average molecular weight is 491 g/mol. The molecule has 0 spiro atoms. The van der Waals surface area contributed by atoms with E-state index in [4.69, 9.17) is 9.47 Å². The van der Waals surface area contributed by atoms with Gasteiger partial charge in [0.15, 0.2) is 0 Å². The SMILES string of the molecule is COc1ccc(N2C(=O)CC(N(Cc3ccccc3)C(=O)CSc3ccccc3OC)C2=O)cc1. The molecule has 4 rings (SSSR count). The number of nitrogens with zero attached hydrogens (tertiary/aromatic N) is 2. The van der Waals surface area contributed by atoms with E-state index in [2.05, 4.69) is 0 Å². The molecule has 3 aromatic rings. The molecule has 0 aliphatic carbocycles. The fraction of sp³-hybridized carbons (Fsp3) is 0.222. The van der Waals surface area contributed by atoms with E-state index in [1.54, 1.807) is 38.5 Å². The average Bonchev–Trinajstić information content (AvgIpc) is 3.19. The second-order valence-electron chi connectivity index (χ2n) is 7.93. The summed E-state index contributed by atoms with van der Waals surface area (Å²) in [4.78, 5) is 43.3. The third kappa shape index (κ3) is 5.49. The molecule has 1 atom stereocenters. The first-order valence-electron chi connectivity index (χ1n) is 11.1. The number of benzene rings is 3. The number of methoxy groups -OCH3 is 2. The normalized spacial score (nSPS) is 15.3. The lowest BCUT2D eigenvalue weighted by Gasteiger charge is -2.28. The highest BCUT2D eigenvalue weighted by Crippen LogP contribution is 2.31. The molecule has 1 aliphatic heterocycles. The summed E-state index contributed by atoms with van der Waals surface area (Å²) in [5.41, 5.74) is 1.34. The van der Waals surface area contributed by atoms with Crippen LogP contribution in [0, 0.1) is 0 Å². The van der Waals surface area contributed by atoms with Gasteiger partial charge in [0, 0.05) is 11.4 Å². The molecule has 1 fully saturated rings. The van der Waals surface area contributed by atoms with Crippen molar-refractivity contribution >= 4 is 35.2 Å². The standard InChI is InChI=1S/C27H26N2O5S/c1-33-21-14-12-20(13-15-21)29-25(30)16-22(27(29)32)28(17-19-8-4-3-5-9-19)26(31)18-35-24-11-7-6-10-23(24)34-2/h3-15,22H,16-18H2,1-2H3. The van der Waals surface area contributed by atoms with Gasteiger partial charge in [0.05, 0.1) is 32.1 Å². The van der Waals surface area contributed by atoms with Crippen LogP contribution < -0.4 is 14.4 Å². The molecule has 35 heavy (non-hydrogen) atoms. The summed E-state index contributed by atoms with van der Waals surface area (Å²) in [5, 5.41) is 0. The van der Waals surface area contributed by atoms with Crippen molar-refractivity contribution in [3.05, 3.63) is 84.4 Å². The van der Waals surface area contributed by atoms with Gasteiger partial charge in [-0.25, -0.2) is 4.90 Å². The molecule has 0 bridgehead atoms. The smallest absolute Gasteiger partial charge is 0.257 e. The Balaban J connectivity index is 1.57. The highest BCUT2D eigenvalue weighted by molar-refractivity contribution is 8.00. The first-order valence-corrected chi connectivity index (χ1v) is 12.1. The zero-order chi connectivity index (χ0) is 24.8. The van der Waals surface area contributed by atoms with Crippen molar-refractivity contribution in [3.8, 4) is 11.5 Å². The number of amides is 3. The number of para-hydroxylation sites is 1. The lowest BCUT2D eigenvalue weighted by molar-refractivity contribution is -0.136. The molecule has 1 aliphatic rings. The number of ether oxygens (including phenoxy) is 2. The Morgan fingerprint density at radius 3 is 2.31 bits per heavy atom. The largest absolute Gasteiger partial charge is 0.497 e. The van der Waals surface area contributed by atoms with Crippen molar-refractivity contribution in [2.75, 3.05) is 24.9 Å². The number of imide groups is 1. The summed E-state index contributed by atoms with van der Waals surface area (Å²) in [5.74, 6) is 0.428. The van der Waals surface area contributed by atoms with Gasteiger partial charge in [-0.1, -0.05) is 42.5 Å². The third-order valence-corrected chi connectivity index (χ3v) is 6.81. The molecule has 0 saturated carbocycles.